The molecule has 7 nitrogen and oxygen atoms in total. The number of benzene rings is 1. The molecule has 0 radical (unpaired) electrons. The minimum atomic E-state index is -0.0373. The first-order valence-electron chi connectivity index (χ1n) is 8.83. The number of anilines is 1. The number of nitrogens with zero attached hydrogens (tertiary/aromatic N) is 4. The quantitative estimate of drug-likeness (QED) is 0.830. The highest BCUT2D eigenvalue weighted by Gasteiger charge is 2.22. The number of amides is 2. The minimum absolute atomic E-state index is 0.0373. The van der Waals surface area contributed by atoms with Crippen LogP contribution in [0.15, 0.2) is 36.7 Å². The van der Waals surface area contributed by atoms with Gasteiger partial charge >= 0.3 is 6.03 Å². The number of carbonyl (C=O) groups excluding carboxylic acids is 1. The third kappa shape index (κ3) is 4.49. The number of carbonyl (C=O) groups is 1. The van der Waals surface area contributed by atoms with E-state index in [9.17, 15) is 4.79 Å². The van der Waals surface area contributed by atoms with Crippen LogP contribution < -0.4 is 10.2 Å². The van der Waals surface area contributed by atoms with E-state index in [2.05, 4.69) is 51.4 Å². The second kappa shape index (κ2) is 8.62. The second-order valence-corrected chi connectivity index (χ2v) is 6.33. The molecule has 0 aliphatic carbocycles. The molecule has 138 valence electrons. The standard InChI is InChI=1S/C19H25N5O2/c1-15-3-5-16(6-4-15)17-13-18(22-14-21-17)23-8-10-24(11-9-23)19(25)20-7-12-26-2/h3-6,13-14H,7-12H2,1-2H3,(H,20,25). The number of rotatable bonds is 5. The molecule has 2 aromatic rings. The molecule has 2 amide bonds. The molecule has 3 rings (SSSR count). The summed E-state index contributed by atoms with van der Waals surface area (Å²) in [6, 6.07) is 10.3. The van der Waals surface area contributed by atoms with E-state index in [1.807, 2.05) is 11.0 Å². The van der Waals surface area contributed by atoms with E-state index in [1.165, 1.54) is 5.56 Å². The lowest BCUT2D eigenvalue weighted by molar-refractivity contribution is 0.177. The SMILES string of the molecule is COCCNC(=O)N1CCN(c2cc(-c3ccc(C)cc3)ncn2)CC1. The molecule has 1 aliphatic heterocycles. The molecule has 7 heteroatoms. The molecule has 26 heavy (non-hydrogen) atoms. The predicted octanol–water partition coefficient (Wildman–Crippen LogP) is 1.93. The van der Waals surface area contributed by atoms with Gasteiger partial charge in [0.15, 0.2) is 0 Å². The van der Waals surface area contributed by atoms with Crippen molar-refractivity contribution in [3.8, 4) is 11.3 Å². The van der Waals surface area contributed by atoms with E-state index < -0.39 is 0 Å². The molecular formula is C19H25N5O2. The van der Waals surface area contributed by atoms with Crippen molar-refractivity contribution in [2.45, 2.75) is 6.92 Å². The van der Waals surface area contributed by atoms with E-state index in [0.717, 1.165) is 30.2 Å². The average Bonchev–Trinajstić information content (AvgIpc) is 2.69. The summed E-state index contributed by atoms with van der Waals surface area (Å²) < 4.78 is 4.95. The lowest BCUT2D eigenvalue weighted by Crippen LogP contribution is -2.52. The number of hydrogen-bond donors (Lipinski definition) is 1. The number of methoxy groups -OCH3 is 1. The molecule has 1 aromatic carbocycles. The minimum Gasteiger partial charge on any atom is -0.383 e. The fraction of sp³-hybridized carbons (Fsp3) is 0.421. The normalized spacial score (nSPS) is 14.4. The Kier molecular flexibility index (Phi) is 6.01. The van der Waals surface area contributed by atoms with E-state index in [-0.39, 0.29) is 6.03 Å². The van der Waals surface area contributed by atoms with Crippen LogP contribution in [0.1, 0.15) is 5.56 Å². The van der Waals surface area contributed by atoms with Gasteiger partial charge in [-0.15, -0.1) is 0 Å². The second-order valence-electron chi connectivity index (χ2n) is 6.33. The highest BCUT2D eigenvalue weighted by Crippen LogP contribution is 2.22. The van der Waals surface area contributed by atoms with Crippen molar-refractivity contribution in [3.05, 3.63) is 42.2 Å². The number of nitrogens with one attached hydrogen (secondary N) is 1. The molecular weight excluding hydrogens is 330 g/mol. The van der Waals surface area contributed by atoms with Crippen LogP contribution in [0.4, 0.5) is 10.6 Å². The molecule has 0 atom stereocenters. The summed E-state index contributed by atoms with van der Waals surface area (Å²) in [7, 11) is 1.62. The zero-order valence-corrected chi connectivity index (χ0v) is 15.3. The van der Waals surface area contributed by atoms with Gasteiger partial charge in [0.2, 0.25) is 0 Å². The van der Waals surface area contributed by atoms with Gasteiger partial charge in [0.1, 0.15) is 12.1 Å². The van der Waals surface area contributed by atoms with Crippen LogP contribution >= 0.6 is 0 Å². The molecule has 0 bridgehead atoms. The molecule has 1 aromatic heterocycles. The van der Waals surface area contributed by atoms with Crippen LogP contribution in [0.5, 0.6) is 0 Å². The van der Waals surface area contributed by atoms with E-state index in [0.29, 0.717) is 26.2 Å². The molecule has 0 spiro atoms. The lowest BCUT2D eigenvalue weighted by Gasteiger charge is -2.35. The van der Waals surface area contributed by atoms with Crippen molar-refractivity contribution in [2.24, 2.45) is 0 Å². The maximum absolute atomic E-state index is 12.1. The van der Waals surface area contributed by atoms with E-state index >= 15 is 0 Å². The number of piperazine rings is 1. The van der Waals surface area contributed by atoms with Gasteiger partial charge in [-0.3, -0.25) is 0 Å². The van der Waals surface area contributed by atoms with Crippen LogP contribution in [0.3, 0.4) is 0 Å². The highest BCUT2D eigenvalue weighted by atomic mass is 16.5. The average molecular weight is 355 g/mol. The van der Waals surface area contributed by atoms with Gasteiger partial charge in [-0.1, -0.05) is 29.8 Å². The van der Waals surface area contributed by atoms with Crippen molar-refractivity contribution in [1.29, 1.82) is 0 Å². The maximum Gasteiger partial charge on any atom is 0.317 e. The summed E-state index contributed by atoms with van der Waals surface area (Å²) in [5.41, 5.74) is 3.22. The first kappa shape index (κ1) is 18.1. The lowest BCUT2D eigenvalue weighted by atomic mass is 10.1. The summed E-state index contributed by atoms with van der Waals surface area (Å²) >= 11 is 0. The van der Waals surface area contributed by atoms with Crippen molar-refractivity contribution < 1.29 is 9.53 Å². The fourth-order valence-electron chi connectivity index (χ4n) is 2.91. The molecule has 0 unspecified atom stereocenters. The van der Waals surface area contributed by atoms with Crippen LogP contribution in [-0.2, 0) is 4.74 Å². The Morgan fingerprint density at radius 3 is 2.58 bits per heavy atom. The first-order chi connectivity index (χ1) is 12.7. The smallest absolute Gasteiger partial charge is 0.317 e. The van der Waals surface area contributed by atoms with Gasteiger partial charge in [-0.2, -0.15) is 0 Å². The van der Waals surface area contributed by atoms with Crippen molar-refractivity contribution in [1.82, 2.24) is 20.2 Å². The van der Waals surface area contributed by atoms with Gasteiger partial charge in [-0.05, 0) is 6.92 Å². The summed E-state index contributed by atoms with van der Waals surface area (Å²) in [6.07, 6.45) is 1.61. The highest BCUT2D eigenvalue weighted by molar-refractivity contribution is 5.74. The van der Waals surface area contributed by atoms with Crippen molar-refractivity contribution in [3.63, 3.8) is 0 Å². The molecule has 2 heterocycles. The van der Waals surface area contributed by atoms with Crippen LogP contribution in [0, 0.1) is 6.92 Å². The van der Waals surface area contributed by atoms with Crippen molar-refractivity contribution in [2.75, 3.05) is 51.3 Å². The summed E-state index contributed by atoms with van der Waals surface area (Å²) in [5, 5.41) is 2.86. The largest absolute Gasteiger partial charge is 0.383 e. The Hall–Kier alpha value is -2.67. The molecule has 1 N–H and O–H groups in total. The van der Waals surface area contributed by atoms with Gasteiger partial charge in [0.25, 0.3) is 0 Å². The van der Waals surface area contributed by atoms with Gasteiger partial charge in [0.05, 0.1) is 12.3 Å². The zero-order valence-electron chi connectivity index (χ0n) is 15.3. The molecule has 1 aliphatic rings. The van der Waals surface area contributed by atoms with Gasteiger partial charge < -0.3 is 19.9 Å². The molecule has 1 saturated heterocycles. The van der Waals surface area contributed by atoms with Crippen LogP contribution in [0.25, 0.3) is 11.3 Å². The van der Waals surface area contributed by atoms with Crippen LogP contribution in [-0.4, -0.2) is 67.3 Å². The number of aromatic nitrogens is 2. The number of ether oxygens (including phenoxy) is 1. The summed E-state index contributed by atoms with van der Waals surface area (Å²) in [5.74, 6) is 0.898. The third-order valence-corrected chi connectivity index (χ3v) is 4.47. The van der Waals surface area contributed by atoms with Crippen molar-refractivity contribution >= 4 is 11.8 Å². The Morgan fingerprint density at radius 2 is 1.88 bits per heavy atom. The molecule has 0 saturated carbocycles. The van der Waals surface area contributed by atoms with Gasteiger partial charge in [-0.25, -0.2) is 14.8 Å². The number of hydrogen-bond acceptors (Lipinski definition) is 5. The monoisotopic (exact) mass is 355 g/mol. The summed E-state index contributed by atoms with van der Waals surface area (Å²) in [6.45, 7) is 5.96. The Labute approximate surface area is 154 Å². The fourth-order valence-corrected chi connectivity index (χ4v) is 2.91. The summed E-state index contributed by atoms with van der Waals surface area (Å²) in [4.78, 5) is 24.9. The molecule has 1 fully saturated rings. The first-order valence-corrected chi connectivity index (χ1v) is 8.83. The van der Waals surface area contributed by atoms with Crippen LogP contribution in [0.2, 0.25) is 0 Å². The van der Waals surface area contributed by atoms with E-state index in [1.54, 1.807) is 13.4 Å². The zero-order chi connectivity index (χ0) is 18.4. The maximum atomic E-state index is 12.1. The third-order valence-electron chi connectivity index (χ3n) is 4.47. The van der Waals surface area contributed by atoms with Gasteiger partial charge in [0, 0.05) is 51.5 Å². The Balaban J connectivity index is 1.60. The van der Waals surface area contributed by atoms with E-state index in [4.69, 9.17) is 4.74 Å². The topological polar surface area (TPSA) is 70.6 Å². The Bertz CT molecular complexity index is 727. The predicted molar refractivity (Wildman–Crippen MR) is 101 cm³/mol. The Morgan fingerprint density at radius 1 is 1.15 bits per heavy atom. The number of urea groups is 1. The number of aryl methyl sites for hydroxylation is 1.